The number of benzene rings is 2. The highest BCUT2D eigenvalue weighted by Gasteiger charge is 2.16. The van der Waals surface area contributed by atoms with Crippen LogP contribution in [0.3, 0.4) is 0 Å². The van der Waals surface area contributed by atoms with Crippen molar-refractivity contribution < 1.29 is 18.7 Å². The smallest absolute Gasteiger partial charge is 0.234 e. The van der Waals surface area contributed by atoms with E-state index in [-0.39, 0.29) is 17.5 Å². The minimum atomic E-state index is -0.359. The molecule has 2 N–H and O–H groups in total. The fourth-order valence-corrected chi connectivity index (χ4v) is 3.86. The van der Waals surface area contributed by atoms with Crippen molar-refractivity contribution >= 4 is 45.3 Å². The highest BCUT2D eigenvalue weighted by molar-refractivity contribution is 8.00. The minimum absolute atomic E-state index is 0.115. The summed E-state index contributed by atoms with van der Waals surface area (Å²) in [5.74, 6) is 0.701. The lowest BCUT2D eigenvalue weighted by atomic mass is 10.2. The zero-order chi connectivity index (χ0) is 21.3. The molecule has 0 fully saturated rings. The molecule has 4 rings (SSSR count). The van der Waals surface area contributed by atoms with Crippen molar-refractivity contribution in [2.45, 2.75) is 11.9 Å². The molecule has 0 atom stereocenters. The Balaban J connectivity index is 1.58. The molecule has 30 heavy (non-hydrogen) atoms. The van der Waals surface area contributed by atoms with E-state index in [0.29, 0.717) is 27.8 Å². The van der Waals surface area contributed by atoms with Gasteiger partial charge in [-0.2, -0.15) is 0 Å². The molecule has 0 spiro atoms. The Labute approximate surface area is 176 Å². The Bertz CT molecular complexity index is 1260. The average Bonchev–Trinajstić information content (AvgIpc) is 3.11. The fraction of sp³-hybridized carbons (Fsp3) is 0.190. The molecule has 0 aliphatic rings. The normalized spacial score (nSPS) is 11.1. The van der Waals surface area contributed by atoms with Gasteiger partial charge in [0, 0.05) is 17.1 Å². The van der Waals surface area contributed by atoms with E-state index in [1.54, 1.807) is 33.3 Å². The number of carbonyl (C=O) groups is 1. The molecule has 2 aromatic carbocycles. The van der Waals surface area contributed by atoms with Gasteiger partial charge in [0.05, 0.1) is 31.0 Å². The minimum Gasteiger partial charge on any atom is -0.493 e. The zero-order valence-electron chi connectivity index (χ0n) is 16.6. The molecule has 0 unspecified atom stereocenters. The van der Waals surface area contributed by atoms with E-state index in [2.05, 4.69) is 20.3 Å². The Kier molecular flexibility index (Phi) is 5.45. The third-order valence-electron chi connectivity index (χ3n) is 4.65. The van der Waals surface area contributed by atoms with Gasteiger partial charge in [0.1, 0.15) is 22.7 Å². The second-order valence-corrected chi connectivity index (χ2v) is 7.55. The van der Waals surface area contributed by atoms with Crippen LogP contribution in [0.15, 0.2) is 41.7 Å². The van der Waals surface area contributed by atoms with Gasteiger partial charge >= 0.3 is 0 Å². The van der Waals surface area contributed by atoms with Gasteiger partial charge in [-0.05, 0) is 30.7 Å². The van der Waals surface area contributed by atoms with Crippen LogP contribution in [0.2, 0.25) is 0 Å². The van der Waals surface area contributed by atoms with Crippen molar-refractivity contribution in [1.82, 2.24) is 15.0 Å². The first-order valence-corrected chi connectivity index (χ1v) is 10.1. The number of rotatable bonds is 6. The van der Waals surface area contributed by atoms with Crippen LogP contribution in [0.1, 0.15) is 5.56 Å². The zero-order valence-corrected chi connectivity index (χ0v) is 17.4. The number of hydrogen-bond donors (Lipinski definition) is 2. The molecular formula is C21H19FN4O3S. The number of H-pyrrole nitrogens is 1. The Morgan fingerprint density at radius 3 is 2.67 bits per heavy atom. The van der Waals surface area contributed by atoms with Gasteiger partial charge in [-0.1, -0.05) is 17.8 Å². The van der Waals surface area contributed by atoms with Crippen LogP contribution in [0.25, 0.3) is 21.9 Å². The maximum absolute atomic E-state index is 13.7. The molecule has 0 aliphatic carbocycles. The SMILES string of the molecule is COc1cc2[nH]c3c(SCC(=O)Nc4ccc(C)c(F)c4)ncnc3c2cc1OC. The highest BCUT2D eigenvalue weighted by Crippen LogP contribution is 2.36. The van der Waals surface area contributed by atoms with Crippen LogP contribution in [0, 0.1) is 12.7 Å². The number of nitrogens with zero attached hydrogens (tertiary/aromatic N) is 2. The molecule has 0 radical (unpaired) electrons. The van der Waals surface area contributed by atoms with Crippen LogP contribution in [0.5, 0.6) is 11.5 Å². The van der Waals surface area contributed by atoms with E-state index in [9.17, 15) is 9.18 Å². The number of methoxy groups -OCH3 is 2. The second-order valence-electron chi connectivity index (χ2n) is 6.58. The maximum atomic E-state index is 13.7. The molecule has 0 saturated carbocycles. The van der Waals surface area contributed by atoms with Crippen molar-refractivity contribution in [2.75, 3.05) is 25.3 Å². The van der Waals surface area contributed by atoms with Crippen LogP contribution in [0.4, 0.5) is 10.1 Å². The summed E-state index contributed by atoms with van der Waals surface area (Å²) in [5, 5.41) is 4.20. The van der Waals surface area contributed by atoms with Crippen LogP contribution in [-0.4, -0.2) is 40.8 Å². The standard InChI is InChI=1S/C21H19FN4O3S/c1-11-4-5-12(6-14(11)22)25-18(27)9-30-21-20-19(23-10-24-21)13-7-16(28-2)17(29-3)8-15(13)26-20/h4-8,10,26H,9H2,1-3H3,(H,25,27). The number of aromatic nitrogens is 3. The summed E-state index contributed by atoms with van der Waals surface area (Å²) in [4.78, 5) is 24.3. The number of thioether (sulfide) groups is 1. The fourth-order valence-electron chi connectivity index (χ4n) is 3.11. The molecule has 1 amide bonds. The predicted octanol–water partition coefficient (Wildman–Crippen LogP) is 4.31. The van der Waals surface area contributed by atoms with E-state index < -0.39 is 0 Å². The molecule has 0 aliphatic heterocycles. The van der Waals surface area contributed by atoms with Gasteiger partial charge in [0.25, 0.3) is 0 Å². The van der Waals surface area contributed by atoms with E-state index in [1.807, 2.05) is 12.1 Å². The Morgan fingerprint density at radius 2 is 1.93 bits per heavy atom. The van der Waals surface area contributed by atoms with Gasteiger partial charge in [0.15, 0.2) is 11.5 Å². The lowest BCUT2D eigenvalue weighted by Crippen LogP contribution is -2.14. The number of halogens is 1. The molecule has 2 heterocycles. The van der Waals surface area contributed by atoms with Gasteiger partial charge < -0.3 is 19.8 Å². The van der Waals surface area contributed by atoms with Crippen molar-refractivity contribution in [3.63, 3.8) is 0 Å². The third kappa shape index (κ3) is 3.76. The lowest BCUT2D eigenvalue weighted by Gasteiger charge is -2.07. The van der Waals surface area contributed by atoms with Crippen molar-refractivity contribution in [3.8, 4) is 11.5 Å². The summed E-state index contributed by atoms with van der Waals surface area (Å²) in [6.07, 6.45) is 1.46. The number of nitrogens with one attached hydrogen (secondary N) is 2. The second kappa shape index (κ2) is 8.19. The number of carbonyl (C=O) groups excluding carboxylic acids is 1. The first kappa shape index (κ1) is 20.0. The van der Waals surface area contributed by atoms with Gasteiger partial charge in [-0.25, -0.2) is 14.4 Å². The van der Waals surface area contributed by atoms with E-state index in [4.69, 9.17) is 9.47 Å². The lowest BCUT2D eigenvalue weighted by molar-refractivity contribution is -0.113. The van der Waals surface area contributed by atoms with E-state index in [0.717, 1.165) is 21.9 Å². The molecule has 2 aromatic heterocycles. The van der Waals surface area contributed by atoms with Crippen LogP contribution < -0.4 is 14.8 Å². The van der Waals surface area contributed by atoms with Gasteiger partial charge in [-0.15, -0.1) is 0 Å². The Morgan fingerprint density at radius 1 is 1.17 bits per heavy atom. The number of anilines is 1. The molecule has 9 heteroatoms. The van der Waals surface area contributed by atoms with Crippen LogP contribution in [-0.2, 0) is 4.79 Å². The Hall–Kier alpha value is -3.33. The molecular weight excluding hydrogens is 407 g/mol. The quantitative estimate of drug-likeness (QED) is 0.353. The summed E-state index contributed by atoms with van der Waals surface area (Å²) in [6.45, 7) is 1.67. The summed E-state index contributed by atoms with van der Waals surface area (Å²) < 4.78 is 24.4. The number of fused-ring (bicyclic) bond motifs is 3. The third-order valence-corrected chi connectivity index (χ3v) is 5.64. The summed E-state index contributed by atoms with van der Waals surface area (Å²) in [6, 6.07) is 8.29. The number of aryl methyl sites for hydroxylation is 1. The summed E-state index contributed by atoms with van der Waals surface area (Å²) in [7, 11) is 3.15. The van der Waals surface area contributed by atoms with Gasteiger partial charge in [-0.3, -0.25) is 4.79 Å². The van der Waals surface area contributed by atoms with Crippen LogP contribution >= 0.6 is 11.8 Å². The summed E-state index contributed by atoms with van der Waals surface area (Å²) >= 11 is 1.27. The largest absolute Gasteiger partial charge is 0.493 e. The molecule has 0 bridgehead atoms. The first-order valence-electron chi connectivity index (χ1n) is 9.07. The number of amides is 1. The molecule has 4 aromatic rings. The van der Waals surface area contributed by atoms with Crippen molar-refractivity contribution in [3.05, 3.63) is 48.0 Å². The number of aromatic amines is 1. The number of hydrogen-bond acceptors (Lipinski definition) is 6. The topological polar surface area (TPSA) is 89.1 Å². The monoisotopic (exact) mass is 426 g/mol. The van der Waals surface area contributed by atoms with Gasteiger partial charge in [0.2, 0.25) is 5.91 Å². The van der Waals surface area contributed by atoms with E-state index >= 15 is 0 Å². The van der Waals surface area contributed by atoms with Crippen molar-refractivity contribution in [2.24, 2.45) is 0 Å². The summed E-state index contributed by atoms with van der Waals surface area (Å²) in [5.41, 5.74) is 3.22. The average molecular weight is 426 g/mol. The molecule has 0 saturated heterocycles. The van der Waals surface area contributed by atoms with E-state index in [1.165, 1.54) is 24.2 Å². The predicted molar refractivity (Wildman–Crippen MR) is 115 cm³/mol. The first-order chi connectivity index (χ1) is 14.5. The highest BCUT2D eigenvalue weighted by atomic mass is 32.2. The molecule has 154 valence electrons. The van der Waals surface area contributed by atoms with Crippen molar-refractivity contribution in [1.29, 1.82) is 0 Å². The maximum Gasteiger partial charge on any atom is 0.234 e. The molecule has 7 nitrogen and oxygen atoms in total. The number of ether oxygens (including phenoxy) is 2.